The van der Waals surface area contributed by atoms with E-state index in [4.69, 9.17) is 15.0 Å². The minimum absolute atomic E-state index is 0.0427. The molecule has 2 aliphatic rings. The number of benzene rings is 3. The second-order valence-electron chi connectivity index (χ2n) is 10.2. The first kappa shape index (κ1) is 22.8. The highest BCUT2D eigenvalue weighted by Gasteiger charge is 2.24. The van der Waals surface area contributed by atoms with Crippen LogP contribution in [-0.4, -0.2) is 21.0 Å². The number of nitrogens with zero attached hydrogens (tertiary/aromatic N) is 3. The summed E-state index contributed by atoms with van der Waals surface area (Å²) in [6.07, 6.45) is 8.30. The molecule has 6 rings (SSSR count). The summed E-state index contributed by atoms with van der Waals surface area (Å²) >= 11 is 0. The fourth-order valence-electron chi connectivity index (χ4n) is 5.76. The molecule has 0 saturated heterocycles. The Bertz CT molecular complexity index is 1340. The van der Waals surface area contributed by atoms with Gasteiger partial charge in [0.25, 0.3) is 0 Å². The molecule has 4 aromatic rings. The van der Waals surface area contributed by atoms with Gasteiger partial charge in [-0.1, -0.05) is 86.0 Å². The molecule has 0 radical (unpaired) electrons. The number of aryl methyl sites for hydroxylation is 1. The molecule has 1 heterocycles. The molecule has 36 heavy (non-hydrogen) atoms. The highest BCUT2D eigenvalue weighted by atomic mass is 15.3. The Kier molecular flexibility index (Phi) is 6.41. The first-order valence-corrected chi connectivity index (χ1v) is 13.3. The van der Waals surface area contributed by atoms with Crippen LogP contribution in [0.4, 0.5) is 17.8 Å². The predicted molar refractivity (Wildman–Crippen MR) is 147 cm³/mol. The van der Waals surface area contributed by atoms with Crippen LogP contribution in [0.25, 0.3) is 10.8 Å². The topological polar surface area (TPSA) is 74.8 Å². The van der Waals surface area contributed by atoms with Crippen molar-refractivity contribution in [2.24, 2.45) is 0 Å². The van der Waals surface area contributed by atoms with Crippen molar-refractivity contribution in [3.05, 3.63) is 83.4 Å². The Balaban J connectivity index is 1.28. The van der Waals surface area contributed by atoms with Crippen molar-refractivity contribution in [3.8, 4) is 0 Å². The van der Waals surface area contributed by atoms with Gasteiger partial charge in [-0.25, -0.2) is 0 Å². The molecular weight excluding hydrogens is 444 g/mol. The van der Waals surface area contributed by atoms with Gasteiger partial charge >= 0.3 is 0 Å². The van der Waals surface area contributed by atoms with Gasteiger partial charge in [-0.2, -0.15) is 15.0 Å². The van der Waals surface area contributed by atoms with Crippen molar-refractivity contribution < 1.29 is 0 Å². The minimum atomic E-state index is 0.0427. The third-order valence-electron chi connectivity index (χ3n) is 7.65. The van der Waals surface area contributed by atoms with E-state index in [9.17, 15) is 0 Å². The van der Waals surface area contributed by atoms with Crippen molar-refractivity contribution in [3.63, 3.8) is 0 Å². The first-order valence-electron chi connectivity index (χ1n) is 13.3. The van der Waals surface area contributed by atoms with Gasteiger partial charge in [0.05, 0.1) is 12.1 Å². The highest BCUT2D eigenvalue weighted by molar-refractivity contribution is 5.86. The van der Waals surface area contributed by atoms with Crippen LogP contribution in [0.5, 0.6) is 0 Å². The average molecular weight is 479 g/mol. The molecule has 6 nitrogen and oxygen atoms in total. The molecule has 1 fully saturated rings. The van der Waals surface area contributed by atoms with Crippen LogP contribution in [0, 0.1) is 0 Å². The summed E-state index contributed by atoms with van der Waals surface area (Å²) in [6, 6.07) is 24.3. The Morgan fingerprint density at radius 2 is 1.44 bits per heavy atom. The lowest BCUT2D eigenvalue weighted by Gasteiger charge is -2.24. The number of hydrogen-bond acceptors (Lipinski definition) is 6. The van der Waals surface area contributed by atoms with Crippen LogP contribution in [0.1, 0.15) is 74.2 Å². The van der Waals surface area contributed by atoms with Crippen LogP contribution < -0.4 is 16.0 Å². The fourth-order valence-corrected chi connectivity index (χ4v) is 5.76. The monoisotopic (exact) mass is 478 g/mol. The molecule has 3 aromatic carbocycles. The minimum Gasteiger partial charge on any atom is -0.351 e. The van der Waals surface area contributed by atoms with Crippen LogP contribution in [0.3, 0.4) is 0 Å². The SMILES string of the molecule is C[C@H](Nc1nc(NC2CCCCC2)nc(N[C@@H]2CCc3ccccc32)n1)c1cccc2ccccc12. The Morgan fingerprint density at radius 1 is 0.722 bits per heavy atom. The lowest BCUT2D eigenvalue weighted by Crippen LogP contribution is -2.24. The van der Waals surface area contributed by atoms with Crippen LogP contribution in [0.2, 0.25) is 0 Å². The zero-order chi connectivity index (χ0) is 24.3. The van der Waals surface area contributed by atoms with E-state index in [2.05, 4.69) is 89.6 Å². The molecule has 1 aromatic heterocycles. The first-order chi connectivity index (χ1) is 17.7. The molecule has 2 atom stereocenters. The van der Waals surface area contributed by atoms with Crippen molar-refractivity contribution in [2.75, 3.05) is 16.0 Å². The van der Waals surface area contributed by atoms with E-state index in [0.717, 1.165) is 12.8 Å². The summed E-state index contributed by atoms with van der Waals surface area (Å²) in [7, 11) is 0. The molecule has 0 spiro atoms. The maximum absolute atomic E-state index is 4.82. The molecule has 0 unspecified atom stereocenters. The summed E-state index contributed by atoms with van der Waals surface area (Å²) in [5, 5.41) is 13.3. The van der Waals surface area contributed by atoms with E-state index in [-0.39, 0.29) is 12.1 Å². The van der Waals surface area contributed by atoms with Gasteiger partial charge in [0, 0.05) is 6.04 Å². The van der Waals surface area contributed by atoms with E-state index in [1.807, 2.05) is 0 Å². The normalized spacial score (nSPS) is 18.5. The average Bonchev–Trinajstić information content (AvgIpc) is 3.31. The zero-order valence-electron chi connectivity index (χ0n) is 20.9. The largest absolute Gasteiger partial charge is 0.351 e. The Hall–Kier alpha value is -3.67. The summed E-state index contributed by atoms with van der Waals surface area (Å²) in [5.41, 5.74) is 3.99. The lowest BCUT2D eigenvalue weighted by atomic mass is 9.96. The Labute approximate surface area is 213 Å². The quantitative estimate of drug-likeness (QED) is 0.264. The Morgan fingerprint density at radius 3 is 2.33 bits per heavy atom. The van der Waals surface area contributed by atoms with Crippen molar-refractivity contribution >= 4 is 28.6 Å². The van der Waals surface area contributed by atoms with Gasteiger partial charge in [0.2, 0.25) is 17.8 Å². The molecular formula is C30H34N6. The number of fused-ring (bicyclic) bond motifs is 2. The molecule has 6 heteroatoms. The standard InChI is InChI=1S/C30H34N6/c1-20(24-17-9-12-21-10-5-7-15-25(21)24)31-28-34-29(32-23-13-3-2-4-14-23)36-30(35-28)33-27-19-18-22-11-6-8-16-26(22)27/h5-12,15-17,20,23,27H,2-4,13-14,18-19H2,1H3,(H3,31,32,33,34,35,36)/t20-,27+/m0/s1. The van der Waals surface area contributed by atoms with Crippen LogP contribution in [0.15, 0.2) is 66.7 Å². The summed E-state index contributed by atoms with van der Waals surface area (Å²) < 4.78 is 0. The second-order valence-corrected chi connectivity index (χ2v) is 10.2. The van der Waals surface area contributed by atoms with Crippen molar-refractivity contribution in [2.45, 2.75) is 70.0 Å². The van der Waals surface area contributed by atoms with E-state index in [1.165, 1.54) is 59.6 Å². The van der Waals surface area contributed by atoms with E-state index in [1.54, 1.807) is 0 Å². The number of aromatic nitrogens is 3. The fraction of sp³-hybridized carbons (Fsp3) is 0.367. The number of anilines is 3. The zero-order valence-corrected chi connectivity index (χ0v) is 20.9. The number of rotatable bonds is 7. The third kappa shape index (κ3) is 4.85. The summed E-state index contributed by atoms with van der Waals surface area (Å²) in [5.74, 6) is 1.87. The molecule has 1 saturated carbocycles. The maximum Gasteiger partial charge on any atom is 0.229 e. The highest BCUT2D eigenvalue weighted by Crippen LogP contribution is 2.33. The smallest absolute Gasteiger partial charge is 0.229 e. The second kappa shape index (κ2) is 10.1. The van der Waals surface area contributed by atoms with Crippen LogP contribution in [-0.2, 0) is 6.42 Å². The molecule has 0 amide bonds. The van der Waals surface area contributed by atoms with Gasteiger partial charge < -0.3 is 16.0 Å². The van der Waals surface area contributed by atoms with Gasteiger partial charge in [0.1, 0.15) is 0 Å². The summed E-state index contributed by atoms with van der Waals surface area (Å²) in [6.45, 7) is 2.17. The van der Waals surface area contributed by atoms with Crippen molar-refractivity contribution in [1.29, 1.82) is 0 Å². The third-order valence-corrected chi connectivity index (χ3v) is 7.65. The molecule has 0 aliphatic heterocycles. The van der Waals surface area contributed by atoms with E-state index >= 15 is 0 Å². The van der Waals surface area contributed by atoms with Crippen LogP contribution >= 0.6 is 0 Å². The maximum atomic E-state index is 4.82. The molecule has 3 N–H and O–H groups in total. The number of nitrogens with one attached hydrogen (secondary N) is 3. The predicted octanol–water partition coefficient (Wildman–Crippen LogP) is 7.04. The van der Waals surface area contributed by atoms with Gasteiger partial charge in [0.15, 0.2) is 0 Å². The van der Waals surface area contributed by atoms with Gasteiger partial charge in [-0.15, -0.1) is 0 Å². The number of hydrogen-bond donors (Lipinski definition) is 3. The molecule has 2 aliphatic carbocycles. The summed E-state index contributed by atoms with van der Waals surface area (Å²) in [4.78, 5) is 14.4. The van der Waals surface area contributed by atoms with Gasteiger partial charge in [-0.05, 0) is 60.1 Å². The van der Waals surface area contributed by atoms with Gasteiger partial charge in [-0.3, -0.25) is 0 Å². The molecule has 0 bridgehead atoms. The lowest BCUT2D eigenvalue weighted by molar-refractivity contribution is 0.461. The van der Waals surface area contributed by atoms with Crippen molar-refractivity contribution in [1.82, 2.24) is 15.0 Å². The van der Waals surface area contributed by atoms with E-state index in [0.29, 0.717) is 23.9 Å². The van der Waals surface area contributed by atoms with E-state index < -0.39 is 0 Å². The molecule has 184 valence electrons.